The fraction of sp³-hybridized carbons (Fsp3) is 0.417. The SMILES string of the molecule is CC.CCn1nc(-c2c(-c3ccc(F)cc3)nc3n2CCN(C(=O)NC(C)C)C3)ccc1=N. The van der Waals surface area contributed by atoms with Gasteiger partial charge < -0.3 is 14.8 Å². The van der Waals surface area contributed by atoms with E-state index in [1.165, 1.54) is 12.1 Å². The summed E-state index contributed by atoms with van der Waals surface area (Å²) in [6, 6.07) is 9.67. The van der Waals surface area contributed by atoms with E-state index in [2.05, 4.69) is 15.0 Å². The van der Waals surface area contributed by atoms with Gasteiger partial charge in [0, 0.05) is 31.2 Å². The minimum atomic E-state index is -0.314. The number of nitrogens with zero attached hydrogens (tertiary/aromatic N) is 5. The molecule has 0 bridgehead atoms. The molecule has 0 aliphatic carbocycles. The Morgan fingerprint density at radius 2 is 1.85 bits per heavy atom. The summed E-state index contributed by atoms with van der Waals surface area (Å²) >= 11 is 0. The van der Waals surface area contributed by atoms with E-state index in [9.17, 15) is 9.18 Å². The second-order valence-corrected chi connectivity index (χ2v) is 7.83. The highest BCUT2D eigenvalue weighted by Crippen LogP contribution is 2.33. The molecule has 1 aromatic carbocycles. The fourth-order valence-corrected chi connectivity index (χ4v) is 3.74. The summed E-state index contributed by atoms with van der Waals surface area (Å²) in [5.74, 6) is 0.436. The zero-order valence-corrected chi connectivity index (χ0v) is 19.9. The number of imidazole rings is 1. The predicted molar refractivity (Wildman–Crippen MR) is 126 cm³/mol. The predicted octanol–water partition coefficient (Wildman–Crippen LogP) is 4.01. The molecule has 0 radical (unpaired) electrons. The van der Waals surface area contributed by atoms with E-state index in [1.54, 1.807) is 27.8 Å². The van der Waals surface area contributed by atoms with E-state index >= 15 is 0 Å². The van der Waals surface area contributed by atoms with Crippen LogP contribution in [0.3, 0.4) is 0 Å². The number of aryl methyl sites for hydroxylation is 1. The van der Waals surface area contributed by atoms with Gasteiger partial charge >= 0.3 is 6.03 Å². The molecule has 1 aliphatic heterocycles. The number of rotatable bonds is 4. The van der Waals surface area contributed by atoms with E-state index in [4.69, 9.17) is 10.4 Å². The van der Waals surface area contributed by atoms with Crippen molar-refractivity contribution in [3.8, 4) is 22.6 Å². The summed E-state index contributed by atoms with van der Waals surface area (Å²) in [6.45, 7) is 11.9. The largest absolute Gasteiger partial charge is 0.336 e. The molecule has 4 rings (SSSR count). The van der Waals surface area contributed by atoms with E-state index in [1.807, 2.05) is 40.7 Å². The van der Waals surface area contributed by atoms with Crippen LogP contribution in [0.15, 0.2) is 36.4 Å². The monoisotopic (exact) mass is 453 g/mol. The summed E-state index contributed by atoms with van der Waals surface area (Å²) in [5, 5.41) is 15.6. The number of aromatic nitrogens is 4. The van der Waals surface area contributed by atoms with Crippen molar-refractivity contribution in [3.63, 3.8) is 0 Å². The van der Waals surface area contributed by atoms with E-state index in [-0.39, 0.29) is 17.9 Å². The van der Waals surface area contributed by atoms with Gasteiger partial charge in [0.2, 0.25) is 0 Å². The topological polar surface area (TPSA) is 91.8 Å². The number of fused-ring (bicyclic) bond motifs is 1. The lowest BCUT2D eigenvalue weighted by molar-refractivity contribution is 0.180. The number of halogens is 1. The van der Waals surface area contributed by atoms with Gasteiger partial charge in [-0.3, -0.25) is 5.41 Å². The van der Waals surface area contributed by atoms with Crippen molar-refractivity contribution in [1.29, 1.82) is 5.41 Å². The van der Waals surface area contributed by atoms with Crippen LogP contribution in [-0.2, 0) is 19.6 Å². The first-order valence-corrected chi connectivity index (χ1v) is 11.4. The number of benzene rings is 1. The van der Waals surface area contributed by atoms with Gasteiger partial charge in [-0.2, -0.15) is 5.10 Å². The Labute approximate surface area is 193 Å². The molecule has 9 heteroatoms. The Bertz CT molecular complexity index is 1160. The fourth-order valence-electron chi connectivity index (χ4n) is 3.74. The third-order valence-electron chi connectivity index (χ3n) is 5.24. The molecule has 0 saturated carbocycles. The zero-order chi connectivity index (χ0) is 24.1. The van der Waals surface area contributed by atoms with Crippen molar-refractivity contribution in [2.24, 2.45) is 0 Å². The van der Waals surface area contributed by atoms with Gasteiger partial charge in [-0.25, -0.2) is 18.9 Å². The molecule has 0 fully saturated rings. The number of nitrogens with one attached hydrogen (secondary N) is 2. The van der Waals surface area contributed by atoms with Gasteiger partial charge in [0.05, 0.1) is 17.9 Å². The van der Waals surface area contributed by atoms with Gasteiger partial charge in [-0.15, -0.1) is 0 Å². The number of carbonyl (C=O) groups excluding carboxylic acids is 1. The minimum absolute atomic E-state index is 0.0524. The number of amides is 2. The minimum Gasteiger partial charge on any atom is -0.336 e. The highest BCUT2D eigenvalue weighted by Gasteiger charge is 2.28. The van der Waals surface area contributed by atoms with E-state index in [0.717, 1.165) is 17.1 Å². The molecule has 3 aromatic rings. The second kappa shape index (κ2) is 10.4. The average Bonchev–Trinajstić information content (AvgIpc) is 3.19. The van der Waals surface area contributed by atoms with Crippen LogP contribution in [0.25, 0.3) is 22.6 Å². The van der Waals surface area contributed by atoms with Crippen molar-refractivity contribution in [2.45, 2.75) is 60.3 Å². The van der Waals surface area contributed by atoms with Crippen molar-refractivity contribution in [2.75, 3.05) is 6.54 Å². The lowest BCUT2D eigenvalue weighted by Gasteiger charge is -2.29. The molecule has 33 heavy (non-hydrogen) atoms. The van der Waals surface area contributed by atoms with Gasteiger partial charge in [-0.1, -0.05) is 13.8 Å². The van der Waals surface area contributed by atoms with Gasteiger partial charge in [-0.05, 0) is 57.2 Å². The van der Waals surface area contributed by atoms with Crippen molar-refractivity contribution in [3.05, 3.63) is 53.5 Å². The molecule has 176 valence electrons. The average molecular weight is 454 g/mol. The van der Waals surface area contributed by atoms with Crippen LogP contribution in [0.5, 0.6) is 0 Å². The first-order chi connectivity index (χ1) is 15.9. The summed E-state index contributed by atoms with van der Waals surface area (Å²) < 4.78 is 17.2. The molecule has 3 heterocycles. The molecule has 2 aromatic heterocycles. The van der Waals surface area contributed by atoms with E-state index in [0.29, 0.717) is 43.1 Å². The van der Waals surface area contributed by atoms with Crippen molar-refractivity contribution in [1.82, 2.24) is 29.5 Å². The summed E-state index contributed by atoms with van der Waals surface area (Å²) in [7, 11) is 0. The maximum Gasteiger partial charge on any atom is 0.318 e. The van der Waals surface area contributed by atoms with E-state index < -0.39 is 0 Å². The van der Waals surface area contributed by atoms with Crippen molar-refractivity contribution < 1.29 is 9.18 Å². The number of hydrogen-bond acceptors (Lipinski definition) is 4. The quantitative estimate of drug-likeness (QED) is 0.625. The highest BCUT2D eigenvalue weighted by atomic mass is 19.1. The standard InChI is InChI=1S/C22H26FN7O.C2H6/c1-4-30-18(24)10-9-17(27-30)21-20(15-5-7-16(23)8-6-15)26-19-13-28(11-12-29(19)21)22(31)25-14(2)3;1-2/h5-10,14,24H,4,11-13H2,1-3H3,(H,25,31);1-2H3. The third-order valence-corrected chi connectivity index (χ3v) is 5.24. The Kier molecular flexibility index (Phi) is 7.63. The number of hydrogen-bond donors (Lipinski definition) is 2. The lowest BCUT2D eigenvalue weighted by Crippen LogP contribution is -2.46. The lowest BCUT2D eigenvalue weighted by atomic mass is 10.1. The Hall–Kier alpha value is -3.49. The number of carbonyl (C=O) groups is 1. The number of urea groups is 1. The molecule has 2 amide bonds. The molecule has 1 aliphatic rings. The second-order valence-electron chi connectivity index (χ2n) is 7.83. The van der Waals surface area contributed by atoms with Gasteiger partial charge in [0.25, 0.3) is 0 Å². The van der Waals surface area contributed by atoms with Gasteiger partial charge in [0.1, 0.15) is 22.8 Å². The first-order valence-electron chi connectivity index (χ1n) is 11.4. The molecule has 0 spiro atoms. The molecule has 2 N–H and O–H groups in total. The third kappa shape index (κ3) is 5.13. The molecule has 8 nitrogen and oxygen atoms in total. The maximum atomic E-state index is 13.5. The van der Waals surface area contributed by atoms with Crippen LogP contribution >= 0.6 is 0 Å². The summed E-state index contributed by atoms with van der Waals surface area (Å²) in [6.07, 6.45) is 0. The maximum absolute atomic E-state index is 13.5. The zero-order valence-electron chi connectivity index (χ0n) is 19.9. The molecule has 0 unspecified atom stereocenters. The van der Waals surface area contributed by atoms with Crippen LogP contribution in [0, 0.1) is 11.2 Å². The Balaban J connectivity index is 0.00000149. The first kappa shape index (κ1) is 24.2. The van der Waals surface area contributed by atoms with Crippen LogP contribution in [0.4, 0.5) is 9.18 Å². The Morgan fingerprint density at radius 1 is 1.15 bits per heavy atom. The van der Waals surface area contributed by atoms with Crippen LogP contribution < -0.4 is 10.8 Å². The summed E-state index contributed by atoms with van der Waals surface area (Å²) in [4.78, 5) is 19.1. The van der Waals surface area contributed by atoms with Crippen LogP contribution in [0.1, 0.15) is 40.4 Å². The molecule has 0 atom stereocenters. The molecular formula is C24H32FN7O. The summed E-state index contributed by atoms with van der Waals surface area (Å²) in [5.41, 5.74) is 3.29. The highest BCUT2D eigenvalue weighted by molar-refractivity contribution is 5.78. The smallest absolute Gasteiger partial charge is 0.318 e. The molecule has 0 saturated heterocycles. The normalized spacial score (nSPS) is 12.8. The van der Waals surface area contributed by atoms with Crippen molar-refractivity contribution >= 4 is 6.03 Å². The molecular weight excluding hydrogens is 421 g/mol. The Morgan fingerprint density at radius 3 is 2.48 bits per heavy atom. The van der Waals surface area contributed by atoms with Crippen LogP contribution in [0.2, 0.25) is 0 Å². The van der Waals surface area contributed by atoms with Gasteiger partial charge in [0.15, 0.2) is 0 Å². The van der Waals surface area contributed by atoms with Crippen LogP contribution in [-0.4, -0.2) is 42.8 Å².